The van der Waals surface area contributed by atoms with Crippen molar-refractivity contribution in [2.24, 2.45) is 0 Å². The van der Waals surface area contributed by atoms with E-state index in [2.05, 4.69) is 10.3 Å². The van der Waals surface area contributed by atoms with Gasteiger partial charge in [-0.3, -0.25) is 19.5 Å². The summed E-state index contributed by atoms with van der Waals surface area (Å²) in [6.45, 7) is 1.96. The zero-order chi connectivity index (χ0) is 27.2. The fourth-order valence-electron chi connectivity index (χ4n) is 4.34. The van der Waals surface area contributed by atoms with Gasteiger partial charge in [-0.15, -0.1) is 0 Å². The van der Waals surface area contributed by atoms with Gasteiger partial charge >= 0.3 is 0 Å². The van der Waals surface area contributed by atoms with Crippen molar-refractivity contribution >= 4 is 17.8 Å². The van der Waals surface area contributed by atoms with E-state index in [1.807, 2.05) is 85.8 Å². The van der Waals surface area contributed by atoms with Gasteiger partial charge in [-0.05, 0) is 48.4 Å². The van der Waals surface area contributed by atoms with Gasteiger partial charge < -0.3 is 4.90 Å². The Morgan fingerprint density at radius 3 is 2.18 bits per heavy atom. The highest BCUT2D eigenvalue weighted by molar-refractivity contribution is 5.99. The summed E-state index contributed by atoms with van der Waals surface area (Å²) in [6, 6.07) is 32.4. The zero-order valence-electron chi connectivity index (χ0n) is 21.4. The molecule has 7 heteroatoms. The molecule has 0 saturated heterocycles. The lowest BCUT2D eigenvalue weighted by Gasteiger charge is -2.23. The van der Waals surface area contributed by atoms with Crippen LogP contribution >= 0.6 is 0 Å². The van der Waals surface area contributed by atoms with Gasteiger partial charge in [0.15, 0.2) is 0 Å². The summed E-state index contributed by atoms with van der Waals surface area (Å²) < 4.78 is 15.3. The predicted molar refractivity (Wildman–Crippen MR) is 150 cm³/mol. The average molecular weight is 519 g/mol. The standard InChI is InChI=1S/C32H27FN4O2/c1-23-10-8-9-15-28(23)31(39)36(20-24-11-4-2-5-12-24)22-30(38)35-32-34-29(25-13-6-3-7-14-25)21-37(32)27-18-16-26(33)17-19-27/h2-19,21H,20,22H2,1H3,(H,34,35,38). The molecule has 0 atom stereocenters. The highest BCUT2D eigenvalue weighted by atomic mass is 19.1. The Balaban J connectivity index is 1.44. The third kappa shape index (κ3) is 6.10. The molecule has 0 saturated carbocycles. The lowest BCUT2D eigenvalue weighted by Crippen LogP contribution is -2.38. The van der Waals surface area contributed by atoms with E-state index in [-0.39, 0.29) is 30.8 Å². The molecule has 0 unspecified atom stereocenters. The van der Waals surface area contributed by atoms with Crippen molar-refractivity contribution < 1.29 is 14.0 Å². The van der Waals surface area contributed by atoms with Gasteiger partial charge in [0.2, 0.25) is 11.9 Å². The number of benzene rings is 4. The Hall–Kier alpha value is -5.04. The minimum atomic E-state index is -0.401. The van der Waals surface area contributed by atoms with Crippen molar-refractivity contribution in [3.63, 3.8) is 0 Å². The molecule has 39 heavy (non-hydrogen) atoms. The number of carbonyl (C=O) groups excluding carboxylic acids is 2. The second-order valence-electron chi connectivity index (χ2n) is 9.17. The average Bonchev–Trinajstić information content (AvgIpc) is 3.37. The molecule has 2 amide bonds. The van der Waals surface area contributed by atoms with E-state index in [1.165, 1.54) is 17.0 Å². The van der Waals surface area contributed by atoms with Crippen molar-refractivity contribution in [3.8, 4) is 16.9 Å². The number of carbonyl (C=O) groups is 2. The molecular formula is C32H27FN4O2. The molecule has 0 aliphatic heterocycles. The van der Waals surface area contributed by atoms with E-state index in [9.17, 15) is 14.0 Å². The monoisotopic (exact) mass is 518 g/mol. The van der Waals surface area contributed by atoms with Gasteiger partial charge in [-0.1, -0.05) is 78.9 Å². The summed E-state index contributed by atoms with van der Waals surface area (Å²) >= 11 is 0. The molecule has 6 nitrogen and oxygen atoms in total. The maximum atomic E-state index is 13.6. The fraction of sp³-hybridized carbons (Fsp3) is 0.0938. The SMILES string of the molecule is Cc1ccccc1C(=O)N(CC(=O)Nc1nc(-c2ccccc2)cn1-c1ccc(F)cc1)Cc1ccccc1. The molecule has 0 aliphatic rings. The quantitative estimate of drug-likeness (QED) is 0.263. The van der Waals surface area contributed by atoms with Crippen LogP contribution in [0.3, 0.4) is 0 Å². The van der Waals surface area contributed by atoms with Crippen molar-refractivity contribution in [3.05, 3.63) is 138 Å². The number of amides is 2. The van der Waals surface area contributed by atoms with Crippen molar-refractivity contribution in [1.29, 1.82) is 0 Å². The number of rotatable bonds is 8. The summed E-state index contributed by atoms with van der Waals surface area (Å²) in [7, 11) is 0. The third-order valence-electron chi connectivity index (χ3n) is 6.34. The number of nitrogens with zero attached hydrogens (tertiary/aromatic N) is 3. The summed E-state index contributed by atoms with van der Waals surface area (Å²) in [5.74, 6) is -0.729. The fourth-order valence-corrected chi connectivity index (χ4v) is 4.34. The van der Waals surface area contributed by atoms with Gasteiger partial charge in [0.25, 0.3) is 5.91 Å². The topological polar surface area (TPSA) is 67.2 Å². The summed E-state index contributed by atoms with van der Waals surface area (Å²) in [6.07, 6.45) is 1.79. The highest BCUT2D eigenvalue weighted by Crippen LogP contribution is 2.24. The van der Waals surface area contributed by atoms with Crippen LogP contribution in [0.15, 0.2) is 115 Å². The van der Waals surface area contributed by atoms with E-state index < -0.39 is 5.91 Å². The van der Waals surface area contributed by atoms with Crippen LogP contribution < -0.4 is 5.32 Å². The van der Waals surface area contributed by atoms with E-state index in [4.69, 9.17) is 0 Å². The second kappa shape index (κ2) is 11.6. The Kier molecular flexibility index (Phi) is 7.59. The maximum absolute atomic E-state index is 13.6. The van der Waals surface area contributed by atoms with Gasteiger partial charge in [-0.2, -0.15) is 0 Å². The Morgan fingerprint density at radius 1 is 0.846 bits per heavy atom. The number of aromatic nitrogens is 2. The Bertz CT molecular complexity index is 1580. The van der Waals surface area contributed by atoms with Crippen molar-refractivity contribution in [1.82, 2.24) is 14.5 Å². The molecule has 0 fully saturated rings. The normalized spacial score (nSPS) is 10.7. The molecule has 0 radical (unpaired) electrons. The van der Waals surface area contributed by atoms with Gasteiger partial charge in [0, 0.05) is 29.6 Å². The number of hydrogen-bond donors (Lipinski definition) is 1. The molecule has 0 spiro atoms. The lowest BCUT2D eigenvalue weighted by atomic mass is 10.1. The molecule has 5 aromatic rings. The Morgan fingerprint density at radius 2 is 1.49 bits per heavy atom. The number of halogens is 1. The van der Waals surface area contributed by atoms with Crippen LogP contribution in [-0.4, -0.2) is 32.8 Å². The number of anilines is 1. The first-order chi connectivity index (χ1) is 19.0. The van der Waals surface area contributed by atoms with E-state index >= 15 is 0 Å². The minimum absolute atomic E-state index is 0.182. The summed E-state index contributed by atoms with van der Waals surface area (Å²) in [5, 5.41) is 2.88. The second-order valence-corrected chi connectivity index (χ2v) is 9.17. The highest BCUT2D eigenvalue weighted by Gasteiger charge is 2.22. The van der Waals surface area contributed by atoms with Crippen LogP contribution in [0.1, 0.15) is 21.5 Å². The minimum Gasteiger partial charge on any atom is -0.325 e. The van der Waals surface area contributed by atoms with Gasteiger partial charge in [0.1, 0.15) is 12.4 Å². The van der Waals surface area contributed by atoms with Gasteiger partial charge in [-0.25, -0.2) is 9.37 Å². The van der Waals surface area contributed by atoms with Crippen molar-refractivity contribution in [2.75, 3.05) is 11.9 Å². The first kappa shape index (κ1) is 25.6. The molecule has 1 heterocycles. The molecular weight excluding hydrogens is 491 g/mol. The van der Waals surface area contributed by atoms with Crippen LogP contribution in [0.4, 0.5) is 10.3 Å². The molecule has 1 N–H and O–H groups in total. The van der Waals surface area contributed by atoms with Crippen LogP contribution in [0.2, 0.25) is 0 Å². The smallest absolute Gasteiger partial charge is 0.254 e. The van der Waals surface area contributed by atoms with Crippen LogP contribution in [0, 0.1) is 12.7 Å². The maximum Gasteiger partial charge on any atom is 0.254 e. The molecule has 194 valence electrons. The number of aryl methyl sites for hydroxylation is 1. The first-order valence-corrected chi connectivity index (χ1v) is 12.6. The summed E-state index contributed by atoms with van der Waals surface area (Å²) in [4.78, 5) is 33.1. The first-order valence-electron chi connectivity index (χ1n) is 12.6. The van der Waals surface area contributed by atoms with Crippen LogP contribution in [0.5, 0.6) is 0 Å². The van der Waals surface area contributed by atoms with E-state index in [1.54, 1.807) is 29.0 Å². The lowest BCUT2D eigenvalue weighted by molar-refractivity contribution is -0.117. The number of nitrogens with one attached hydrogen (secondary N) is 1. The molecule has 0 bridgehead atoms. The van der Waals surface area contributed by atoms with Crippen molar-refractivity contribution in [2.45, 2.75) is 13.5 Å². The molecule has 5 rings (SSSR count). The predicted octanol–water partition coefficient (Wildman–Crippen LogP) is 6.27. The molecule has 1 aromatic heterocycles. The van der Waals surface area contributed by atoms with E-state index in [0.717, 1.165) is 16.7 Å². The molecule has 0 aliphatic carbocycles. The largest absolute Gasteiger partial charge is 0.325 e. The zero-order valence-corrected chi connectivity index (χ0v) is 21.4. The number of hydrogen-bond acceptors (Lipinski definition) is 3. The van der Waals surface area contributed by atoms with E-state index in [0.29, 0.717) is 16.9 Å². The number of imidazole rings is 1. The molecule has 4 aromatic carbocycles. The van der Waals surface area contributed by atoms with Gasteiger partial charge in [0.05, 0.1) is 5.69 Å². The Labute approximate surface area is 226 Å². The third-order valence-corrected chi connectivity index (χ3v) is 6.34. The van der Waals surface area contributed by atoms with Crippen LogP contribution in [-0.2, 0) is 11.3 Å². The van der Waals surface area contributed by atoms with Crippen LogP contribution in [0.25, 0.3) is 16.9 Å². The summed E-state index contributed by atoms with van der Waals surface area (Å²) in [5.41, 5.74) is 4.44.